The molecule has 0 N–H and O–H groups in total. The number of ether oxygens (including phenoxy) is 3. The summed E-state index contributed by atoms with van der Waals surface area (Å²) >= 11 is 0. The summed E-state index contributed by atoms with van der Waals surface area (Å²) in [6.07, 6.45) is 0.616. The molecule has 94 valence electrons. The molecule has 0 saturated carbocycles. The smallest absolute Gasteiger partial charge is 0.308 e. The average Bonchev–Trinajstić information content (AvgIpc) is 2.38. The Morgan fingerprint density at radius 1 is 1.24 bits per heavy atom. The quantitative estimate of drug-likeness (QED) is 0.713. The van der Waals surface area contributed by atoms with Gasteiger partial charge in [-0.05, 0) is 18.6 Å². The Hall–Kier alpha value is -1.71. The van der Waals surface area contributed by atoms with Gasteiger partial charge in [-0.25, -0.2) is 0 Å². The van der Waals surface area contributed by atoms with Gasteiger partial charge in [0, 0.05) is 0 Å². The van der Waals surface area contributed by atoms with Gasteiger partial charge in [-0.15, -0.1) is 0 Å². The summed E-state index contributed by atoms with van der Waals surface area (Å²) in [5.74, 6) is 1.01. The van der Waals surface area contributed by atoms with Crippen LogP contribution in [0.4, 0.5) is 0 Å². The van der Waals surface area contributed by atoms with Gasteiger partial charge in [0.2, 0.25) is 0 Å². The van der Waals surface area contributed by atoms with Crippen LogP contribution in [0.15, 0.2) is 24.3 Å². The van der Waals surface area contributed by atoms with Crippen LogP contribution in [0.2, 0.25) is 0 Å². The molecule has 0 aliphatic carbocycles. The Balaban J connectivity index is 2.43. The first-order valence-corrected chi connectivity index (χ1v) is 5.52. The number of carbonyl (C=O) groups excluding carboxylic acids is 1. The van der Waals surface area contributed by atoms with E-state index in [4.69, 9.17) is 9.47 Å². The van der Waals surface area contributed by atoms with E-state index in [1.807, 2.05) is 31.2 Å². The molecule has 0 heterocycles. The molecule has 4 nitrogen and oxygen atoms in total. The molecule has 1 aromatic carbocycles. The molecule has 0 aromatic heterocycles. The fourth-order valence-electron chi connectivity index (χ4n) is 1.40. The van der Waals surface area contributed by atoms with Crippen molar-refractivity contribution in [3.8, 4) is 11.5 Å². The topological polar surface area (TPSA) is 44.8 Å². The number of methoxy groups -OCH3 is 2. The molecule has 0 saturated heterocycles. The summed E-state index contributed by atoms with van der Waals surface area (Å²) in [6, 6.07) is 7.42. The Bertz CT molecular complexity index is 362. The lowest BCUT2D eigenvalue weighted by atomic mass is 10.1. The molecular weight excluding hydrogens is 220 g/mol. The van der Waals surface area contributed by atoms with Gasteiger partial charge < -0.3 is 14.2 Å². The van der Waals surface area contributed by atoms with Crippen molar-refractivity contribution in [1.29, 1.82) is 0 Å². The van der Waals surface area contributed by atoms with Crippen molar-refractivity contribution in [3.05, 3.63) is 24.3 Å². The standard InChI is InChI=1S/C13H18O4/c1-10(13(14)16-3)8-9-17-12-7-5-4-6-11(12)15-2/h4-7,10H,8-9H2,1-3H3. The number of esters is 1. The van der Waals surface area contributed by atoms with Crippen LogP contribution in [0.3, 0.4) is 0 Å². The van der Waals surface area contributed by atoms with E-state index in [0.717, 1.165) is 0 Å². The maximum absolute atomic E-state index is 11.2. The molecule has 0 amide bonds. The lowest BCUT2D eigenvalue weighted by Gasteiger charge is -2.12. The number of benzene rings is 1. The predicted octanol–water partition coefficient (Wildman–Crippen LogP) is 2.27. The highest BCUT2D eigenvalue weighted by molar-refractivity contribution is 5.71. The molecule has 4 heteroatoms. The second-order valence-electron chi connectivity index (χ2n) is 3.71. The summed E-state index contributed by atoms with van der Waals surface area (Å²) in [5, 5.41) is 0. The predicted molar refractivity (Wildman–Crippen MR) is 64.3 cm³/mol. The van der Waals surface area contributed by atoms with Crippen LogP contribution in [-0.2, 0) is 9.53 Å². The first-order valence-electron chi connectivity index (χ1n) is 5.52. The van der Waals surface area contributed by atoms with Crippen molar-refractivity contribution < 1.29 is 19.0 Å². The zero-order valence-electron chi connectivity index (χ0n) is 10.4. The minimum absolute atomic E-state index is 0.158. The Morgan fingerprint density at radius 3 is 2.47 bits per heavy atom. The van der Waals surface area contributed by atoms with E-state index in [1.165, 1.54) is 7.11 Å². The van der Waals surface area contributed by atoms with Crippen molar-refractivity contribution in [2.45, 2.75) is 13.3 Å². The average molecular weight is 238 g/mol. The third-order valence-electron chi connectivity index (χ3n) is 2.48. The Morgan fingerprint density at radius 2 is 1.88 bits per heavy atom. The van der Waals surface area contributed by atoms with Gasteiger partial charge in [-0.1, -0.05) is 19.1 Å². The molecule has 0 bridgehead atoms. The zero-order valence-corrected chi connectivity index (χ0v) is 10.4. The molecular formula is C13H18O4. The van der Waals surface area contributed by atoms with Gasteiger partial charge in [0.25, 0.3) is 0 Å². The molecule has 0 aliphatic heterocycles. The van der Waals surface area contributed by atoms with E-state index in [0.29, 0.717) is 24.5 Å². The molecule has 1 atom stereocenters. The van der Waals surface area contributed by atoms with E-state index in [9.17, 15) is 4.79 Å². The van der Waals surface area contributed by atoms with Gasteiger partial charge in [-0.2, -0.15) is 0 Å². The van der Waals surface area contributed by atoms with Crippen LogP contribution in [0.5, 0.6) is 11.5 Å². The summed E-state index contributed by atoms with van der Waals surface area (Å²) in [6.45, 7) is 2.27. The van der Waals surface area contributed by atoms with Gasteiger partial charge in [0.15, 0.2) is 11.5 Å². The van der Waals surface area contributed by atoms with E-state index >= 15 is 0 Å². The maximum Gasteiger partial charge on any atom is 0.308 e. The Kier molecular flexibility index (Phi) is 5.33. The molecule has 1 unspecified atom stereocenters. The van der Waals surface area contributed by atoms with Gasteiger partial charge >= 0.3 is 5.97 Å². The molecule has 1 rings (SSSR count). The normalized spacial score (nSPS) is 11.7. The summed E-state index contributed by atoms with van der Waals surface area (Å²) in [7, 11) is 2.99. The molecule has 17 heavy (non-hydrogen) atoms. The third kappa shape index (κ3) is 3.98. The van der Waals surface area contributed by atoms with Crippen LogP contribution in [-0.4, -0.2) is 26.8 Å². The molecule has 0 spiro atoms. The number of carbonyl (C=O) groups is 1. The van der Waals surface area contributed by atoms with Gasteiger partial charge in [0.1, 0.15) is 0 Å². The zero-order chi connectivity index (χ0) is 12.7. The van der Waals surface area contributed by atoms with Crippen molar-refractivity contribution in [2.24, 2.45) is 5.92 Å². The minimum atomic E-state index is -0.214. The second kappa shape index (κ2) is 6.78. The lowest BCUT2D eigenvalue weighted by Crippen LogP contribution is -2.15. The highest BCUT2D eigenvalue weighted by Gasteiger charge is 2.13. The first kappa shape index (κ1) is 13.4. The van der Waals surface area contributed by atoms with Gasteiger partial charge in [0.05, 0.1) is 26.7 Å². The highest BCUT2D eigenvalue weighted by Crippen LogP contribution is 2.26. The molecule has 0 fully saturated rings. The fourth-order valence-corrected chi connectivity index (χ4v) is 1.40. The maximum atomic E-state index is 11.2. The highest BCUT2D eigenvalue weighted by atomic mass is 16.5. The summed E-state index contributed by atoms with van der Waals surface area (Å²) in [5.41, 5.74) is 0. The number of rotatable bonds is 6. The van der Waals surface area contributed by atoms with Crippen molar-refractivity contribution >= 4 is 5.97 Å². The van der Waals surface area contributed by atoms with E-state index in [1.54, 1.807) is 7.11 Å². The van der Waals surface area contributed by atoms with Crippen LogP contribution >= 0.6 is 0 Å². The van der Waals surface area contributed by atoms with E-state index < -0.39 is 0 Å². The van der Waals surface area contributed by atoms with Gasteiger partial charge in [-0.3, -0.25) is 4.79 Å². The number of hydrogen-bond acceptors (Lipinski definition) is 4. The van der Waals surface area contributed by atoms with E-state index in [2.05, 4.69) is 4.74 Å². The largest absolute Gasteiger partial charge is 0.493 e. The van der Waals surface area contributed by atoms with Crippen LogP contribution in [0.25, 0.3) is 0 Å². The van der Waals surface area contributed by atoms with Crippen molar-refractivity contribution in [2.75, 3.05) is 20.8 Å². The van der Waals surface area contributed by atoms with Crippen LogP contribution in [0, 0.1) is 5.92 Å². The lowest BCUT2D eigenvalue weighted by molar-refractivity contribution is -0.145. The number of hydrogen-bond donors (Lipinski definition) is 0. The third-order valence-corrected chi connectivity index (χ3v) is 2.48. The monoisotopic (exact) mass is 238 g/mol. The van der Waals surface area contributed by atoms with Crippen LogP contribution in [0.1, 0.15) is 13.3 Å². The Labute approximate surface area is 101 Å². The SMILES string of the molecule is COC(=O)C(C)CCOc1ccccc1OC. The molecule has 1 aromatic rings. The van der Waals surface area contributed by atoms with Crippen molar-refractivity contribution in [1.82, 2.24) is 0 Å². The minimum Gasteiger partial charge on any atom is -0.493 e. The molecule has 0 radical (unpaired) electrons. The fraction of sp³-hybridized carbons (Fsp3) is 0.462. The van der Waals surface area contributed by atoms with E-state index in [-0.39, 0.29) is 11.9 Å². The number of para-hydroxylation sites is 2. The summed E-state index contributed by atoms with van der Waals surface area (Å²) < 4.78 is 15.4. The second-order valence-corrected chi connectivity index (χ2v) is 3.71. The molecule has 0 aliphatic rings. The van der Waals surface area contributed by atoms with Crippen LogP contribution < -0.4 is 9.47 Å². The first-order chi connectivity index (χ1) is 8.19. The summed E-state index contributed by atoms with van der Waals surface area (Å²) in [4.78, 5) is 11.2. The van der Waals surface area contributed by atoms with Crippen molar-refractivity contribution in [3.63, 3.8) is 0 Å².